The standard InChI is InChI=1S/C13H22N2O4/c1-3-5-6-10(4-2)9-14-13(19)15-11(16)7-8-12(17)18/h7-8,10H,3-6,9H2,1-2H3,(H,17,18)(H2,14,15,16,19)/b8-7+. The number of nitrogens with one attached hydrogen (secondary N) is 2. The van der Waals surface area contributed by atoms with E-state index >= 15 is 0 Å². The summed E-state index contributed by atoms with van der Waals surface area (Å²) in [7, 11) is 0. The van der Waals surface area contributed by atoms with Crippen molar-refractivity contribution in [1.29, 1.82) is 0 Å². The van der Waals surface area contributed by atoms with Crippen LogP contribution in [0.15, 0.2) is 12.2 Å². The molecule has 0 aromatic rings. The van der Waals surface area contributed by atoms with E-state index < -0.39 is 17.9 Å². The summed E-state index contributed by atoms with van der Waals surface area (Å²) in [5, 5.41) is 13.0. The second-order valence-corrected chi connectivity index (χ2v) is 4.29. The van der Waals surface area contributed by atoms with Crippen LogP contribution in [0.5, 0.6) is 0 Å². The van der Waals surface area contributed by atoms with Gasteiger partial charge in [0.1, 0.15) is 0 Å². The maximum absolute atomic E-state index is 11.4. The van der Waals surface area contributed by atoms with Crippen LogP contribution in [-0.2, 0) is 9.59 Å². The minimum absolute atomic E-state index is 0.398. The lowest BCUT2D eigenvalue weighted by atomic mass is 9.99. The van der Waals surface area contributed by atoms with Crippen LogP contribution in [0, 0.1) is 5.92 Å². The van der Waals surface area contributed by atoms with Crippen LogP contribution in [0.1, 0.15) is 39.5 Å². The highest BCUT2D eigenvalue weighted by atomic mass is 16.4. The Morgan fingerprint density at radius 1 is 1.21 bits per heavy atom. The van der Waals surface area contributed by atoms with Gasteiger partial charge in [0.25, 0.3) is 5.91 Å². The summed E-state index contributed by atoms with van der Waals surface area (Å²) < 4.78 is 0. The highest BCUT2D eigenvalue weighted by molar-refractivity contribution is 6.02. The van der Waals surface area contributed by atoms with Gasteiger partial charge < -0.3 is 10.4 Å². The fraction of sp³-hybridized carbons (Fsp3) is 0.615. The summed E-state index contributed by atoms with van der Waals surface area (Å²) in [5.41, 5.74) is 0. The minimum Gasteiger partial charge on any atom is -0.478 e. The number of aliphatic carboxylic acids is 1. The van der Waals surface area contributed by atoms with Crippen LogP contribution in [0.2, 0.25) is 0 Å². The molecule has 0 fully saturated rings. The molecule has 0 heterocycles. The van der Waals surface area contributed by atoms with Crippen LogP contribution >= 0.6 is 0 Å². The van der Waals surface area contributed by atoms with E-state index in [1.165, 1.54) is 0 Å². The quantitative estimate of drug-likeness (QED) is 0.585. The maximum Gasteiger partial charge on any atom is 0.328 e. The smallest absolute Gasteiger partial charge is 0.328 e. The molecule has 19 heavy (non-hydrogen) atoms. The largest absolute Gasteiger partial charge is 0.478 e. The van der Waals surface area contributed by atoms with E-state index in [9.17, 15) is 14.4 Å². The number of hydrogen-bond acceptors (Lipinski definition) is 3. The summed E-state index contributed by atoms with van der Waals surface area (Å²) >= 11 is 0. The van der Waals surface area contributed by atoms with Gasteiger partial charge in [-0.3, -0.25) is 10.1 Å². The topological polar surface area (TPSA) is 95.5 Å². The van der Waals surface area contributed by atoms with E-state index in [2.05, 4.69) is 19.2 Å². The number of carbonyl (C=O) groups excluding carboxylic acids is 2. The molecule has 0 aromatic carbocycles. The Hall–Kier alpha value is -1.85. The van der Waals surface area contributed by atoms with Gasteiger partial charge in [0, 0.05) is 18.7 Å². The van der Waals surface area contributed by atoms with Gasteiger partial charge in [-0.1, -0.05) is 33.1 Å². The van der Waals surface area contributed by atoms with E-state index in [-0.39, 0.29) is 0 Å². The Morgan fingerprint density at radius 3 is 2.42 bits per heavy atom. The summed E-state index contributed by atoms with van der Waals surface area (Å²) in [5.74, 6) is -1.59. The van der Waals surface area contributed by atoms with Crippen molar-refractivity contribution in [2.24, 2.45) is 5.92 Å². The van der Waals surface area contributed by atoms with Gasteiger partial charge in [-0.05, 0) is 12.3 Å². The zero-order valence-electron chi connectivity index (χ0n) is 11.4. The van der Waals surface area contributed by atoms with Crippen molar-refractivity contribution in [1.82, 2.24) is 10.6 Å². The molecule has 0 aliphatic carbocycles. The lowest BCUT2D eigenvalue weighted by molar-refractivity contribution is -0.131. The lowest BCUT2D eigenvalue weighted by Crippen LogP contribution is -2.40. The second-order valence-electron chi connectivity index (χ2n) is 4.29. The van der Waals surface area contributed by atoms with Crippen LogP contribution in [-0.4, -0.2) is 29.6 Å². The van der Waals surface area contributed by atoms with Crippen molar-refractivity contribution in [3.8, 4) is 0 Å². The summed E-state index contributed by atoms with van der Waals surface area (Å²) in [6.45, 7) is 4.68. The molecule has 6 heteroatoms. The SMILES string of the molecule is CCCCC(CC)CNC(=O)NC(=O)/C=C/C(=O)O. The van der Waals surface area contributed by atoms with E-state index in [1.807, 2.05) is 5.32 Å². The predicted octanol–water partition coefficient (Wildman–Crippen LogP) is 1.67. The molecule has 0 aliphatic heterocycles. The van der Waals surface area contributed by atoms with E-state index in [0.717, 1.165) is 31.8 Å². The molecular weight excluding hydrogens is 248 g/mol. The first-order chi connectivity index (χ1) is 8.99. The first-order valence-corrected chi connectivity index (χ1v) is 6.49. The van der Waals surface area contributed by atoms with Crippen LogP contribution < -0.4 is 10.6 Å². The van der Waals surface area contributed by atoms with Gasteiger partial charge in [0.05, 0.1) is 0 Å². The third-order valence-corrected chi connectivity index (χ3v) is 2.71. The number of amides is 3. The van der Waals surface area contributed by atoms with E-state index in [1.54, 1.807) is 0 Å². The van der Waals surface area contributed by atoms with Crippen LogP contribution in [0.3, 0.4) is 0 Å². The lowest BCUT2D eigenvalue weighted by Gasteiger charge is -2.15. The average molecular weight is 270 g/mol. The molecule has 3 N–H and O–H groups in total. The zero-order chi connectivity index (χ0) is 14.7. The molecule has 0 saturated heterocycles. The number of unbranched alkanes of at least 4 members (excludes halogenated alkanes) is 1. The molecule has 0 bridgehead atoms. The molecule has 108 valence electrons. The van der Waals surface area contributed by atoms with Gasteiger partial charge in [-0.2, -0.15) is 0 Å². The van der Waals surface area contributed by atoms with Crippen LogP contribution in [0.4, 0.5) is 4.79 Å². The summed E-state index contributed by atoms with van der Waals surface area (Å²) in [6, 6.07) is -0.602. The Morgan fingerprint density at radius 2 is 1.89 bits per heavy atom. The third-order valence-electron chi connectivity index (χ3n) is 2.71. The van der Waals surface area contributed by atoms with Gasteiger partial charge in [0.15, 0.2) is 0 Å². The fourth-order valence-corrected chi connectivity index (χ4v) is 1.53. The molecule has 0 rings (SSSR count). The molecule has 3 amide bonds. The summed E-state index contributed by atoms with van der Waals surface area (Å²) in [4.78, 5) is 32.7. The number of rotatable bonds is 8. The fourth-order valence-electron chi connectivity index (χ4n) is 1.53. The molecule has 0 saturated carbocycles. The normalized spacial score (nSPS) is 12.1. The number of carboxylic acid groups (broad SMARTS) is 1. The van der Waals surface area contributed by atoms with Gasteiger partial charge in [-0.15, -0.1) is 0 Å². The van der Waals surface area contributed by atoms with Crippen molar-refractivity contribution >= 4 is 17.9 Å². The number of hydrogen-bond donors (Lipinski definition) is 3. The van der Waals surface area contributed by atoms with Crippen molar-refractivity contribution in [2.45, 2.75) is 39.5 Å². The molecule has 6 nitrogen and oxygen atoms in total. The molecule has 1 atom stereocenters. The molecule has 0 spiro atoms. The number of carbonyl (C=O) groups is 3. The number of imide groups is 1. The van der Waals surface area contributed by atoms with Gasteiger partial charge in [-0.25, -0.2) is 9.59 Å². The minimum atomic E-state index is -1.24. The molecule has 1 unspecified atom stereocenters. The summed E-state index contributed by atoms with van der Waals surface area (Å²) in [6.07, 6.45) is 5.71. The first-order valence-electron chi connectivity index (χ1n) is 6.49. The predicted molar refractivity (Wildman–Crippen MR) is 71.6 cm³/mol. The van der Waals surface area contributed by atoms with Gasteiger partial charge >= 0.3 is 12.0 Å². The number of carboxylic acids is 1. The second kappa shape index (κ2) is 10.1. The van der Waals surface area contributed by atoms with Crippen LogP contribution in [0.25, 0.3) is 0 Å². The number of urea groups is 1. The molecule has 0 radical (unpaired) electrons. The van der Waals surface area contributed by atoms with Crippen molar-refractivity contribution in [3.05, 3.63) is 12.2 Å². The van der Waals surface area contributed by atoms with Crippen molar-refractivity contribution < 1.29 is 19.5 Å². The van der Waals surface area contributed by atoms with Gasteiger partial charge in [0.2, 0.25) is 0 Å². The molecule has 0 aliphatic rings. The Balaban J connectivity index is 3.96. The van der Waals surface area contributed by atoms with Crippen molar-refractivity contribution in [3.63, 3.8) is 0 Å². The zero-order valence-corrected chi connectivity index (χ0v) is 11.4. The van der Waals surface area contributed by atoms with Crippen molar-refractivity contribution in [2.75, 3.05) is 6.54 Å². The highest BCUT2D eigenvalue weighted by Gasteiger charge is 2.09. The third kappa shape index (κ3) is 9.82. The van der Waals surface area contributed by atoms with E-state index in [4.69, 9.17) is 5.11 Å². The molecule has 0 aromatic heterocycles. The first kappa shape index (κ1) is 17.2. The van der Waals surface area contributed by atoms with E-state index in [0.29, 0.717) is 18.5 Å². The highest BCUT2D eigenvalue weighted by Crippen LogP contribution is 2.10. The Bertz CT molecular complexity index is 340. The maximum atomic E-state index is 11.4. The molecular formula is C13H22N2O4. The average Bonchev–Trinajstić information content (AvgIpc) is 2.36. The Kier molecular flexibility index (Phi) is 9.12. The monoisotopic (exact) mass is 270 g/mol. The Labute approximate surface area is 113 Å².